The lowest BCUT2D eigenvalue weighted by Gasteiger charge is -2.09. The molecule has 1 aliphatic heterocycles. The van der Waals surface area contributed by atoms with Gasteiger partial charge < -0.3 is 10.5 Å². The van der Waals surface area contributed by atoms with Gasteiger partial charge in [-0.1, -0.05) is 31.6 Å². The first-order chi connectivity index (χ1) is 11.7. The van der Waals surface area contributed by atoms with Crippen molar-refractivity contribution in [2.45, 2.75) is 32.6 Å². The largest absolute Gasteiger partial charge is 0.494 e. The lowest BCUT2D eigenvalue weighted by atomic mass is 10.1. The fourth-order valence-electron chi connectivity index (χ4n) is 2.32. The minimum Gasteiger partial charge on any atom is -0.494 e. The van der Waals surface area contributed by atoms with Crippen LogP contribution < -0.4 is 10.5 Å². The Balaban J connectivity index is 0.00000312. The summed E-state index contributed by atoms with van der Waals surface area (Å²) in [5.74, 6) is 0.658. The SMILES string of the molecule is CCCCOc1ccc(CC/C=C2\SC(=O)N(CCN)C2=O)cc1.Cl. The number of thioether (sulfide) groups is 1. The molecule has 25 heavy (non-hydrogen) atoms. The molecule has 0 spiro atoms. The Morgan fingerprint density at radius 2 is 1.96 bits per heavy atom. The first kappa shape index (κ1) is 21.5. The highest BCUT2D eigenvalue weighted by Crippen LogP contribution is 2.30. The van der Waals surface area contributed by atoms with E-state index < -0.39 is 0 Å². The molecule has 5 nitrogen and oxygen atoms in total. The Labute approximate surface area is 159 Å². The first-order valence-electron chi connectivity index (χ1n) is 8.31. The number of carbonyl (C=O) groups excluding carboxylic acids is 2. The van der Waals surface area contributed by atoms with Gasteiger partial charge in [-0.15, -0.1) is 12.4 Å². The molecule has 138 valence electrons. The molecule has 2 amide bonds. The molecule has 0 unspecified atom stereocenters. The van der Waals surface area contributed by atoms with Crippen LogP contribution in [0, 0.1) is 0 Å². The average Bonchev–Trinajstić information content (AvgIpc) is 2.85. The van der Waals surface area contributed by atoms with Gasteiger partial charge >= 0.3 is 0 Å². The van der Waals surface area contributed by atoms with E-state index in [1.807, 2.05) is 30.3 Å². The fourth-order valence-corrected chi connectivity index (χ4v) is 3.19. The van der Waals surface area contributed by atoms with Gasteiger partial charge in [0.15, 0.2) is 0 Å². The van der Waals surface area contributed by atoms with Crippen molar-refractivity contribution in [3.05, 3.63) is 40.8 Å². The van der Waals surface area contributed by atoms with E-state index in [0.29, 0.717) is 11.3 Å². The minimum absolute atomic E-state index is 0. The highest BCUT2D eigenvalue weighted by molar-refractivity contribution is 8.18. The molecule has 0 aliphatic carbocycles. The van der Waals surface area contributed by atoms with Crippen LogP contribution >= 0.6 is 24.2 Å². The monoisotopic (exact) mass is 384 g/mol. The minimum atomic E-state index is -0.231. The highest BCUT2D eigenvalue weighted by atomic mass is 35.5. The summed E-state index contributed by atoms with van der Waals surface area (Å²) in [5.41, 5.74) is 6.60. The van der Waals surface area contributed by atoms with Crippen LogP contribution in [0.3, 0.4) is 0 Å². The molecule has 2 N–H and O–H groups in total. The van der Waals surface area contributed by atoms with E-state index >= 15 is 0 Å². The second-order valence-electron chi connectivity index (χ2n) is 5.57. The third-order valence-corrected chi connectivity index (χ3v) is 4.64. The van der Waals surface area contributed by atoms with Crippen LogP contribution in [0.4, 0.5) is 4.79 Å². The number of aryl methyl sites for hydroxylation is 1. The maximum atomic E-state index is 12.1. The maximum Gasteiger partial charge on any atom is 0.293 e. The summed E-state index contributed by atoms with van der Waals surface area (Å²) in [6, 6.07) is 8.02. The number of hydrogen-bond acceptors (Lipinski definition) is 5. The van der Waals surface area contributed by atoms with Gasteiger partial charge in [-0.05, 0) is 48.7 Å². The zero-order chi connectivity index (χ0) is 17.4. The number of halogens is 1. The summed E-state index contributed by atoms with van der Waals surface area (Å²) in [4.78, 5) is 25.5. The molecule has 0 saturated carbocycles. The molecule has 2 rings (SSSR count). The third-order valence-electron chi connectivity index (χ3n) is 3.68. The van der Waals surface area contributed by atoms with E-state index in [1.54, 1.807) is 0 Å². The van der Waals surface area contributed by atoms with E-state index in [9.17, 15) is 9.59 Å². The number of nitrogens with two attached hydrogens (primary N) is 1. The van der Waals surface area contributed by atoms with E-state index in [-0.39, 0.29) is 36.6 Å². The Morgan fingerprint density at radius 3 is 2.60 bits per heavy atom. The van der Waals surface area contributed by atoms with Crippen LogP contribution in [0.1, 0.15) is 31.7 Å². The Bertz CT molecular complexity index is 605. The molecule has 1 heterocycles. The first-order valence-corrected chi connectivity index (χ1v) is 9.13. The normalized spacial score (nSPS) is 15.6. The quantitative estimate of drug-likeness (QED) is 0.518. The molecule has 0 bridgehead atoms. The Morgan fingerprint density at radius 1 is 1.24 bits per heavy atom. The number of imide groups is 1. The molecule has 0 atom stereocenters. The van der Waals surface area contributed by atoms with E-state index in [1.165, 1.54) is 10.5 Å². The van der Waals surface area contributed by atoms with Crippen molar-refractivity contribution in [1.29, 1.82) is 0 Å². The van der Waals surface area contributed by atoms with E-state index in [0.717, 1.165) is 43.4 Å². The van der Waals surface area contributed by atoms with Gasteiger partial charge in [-0.25, -0.2) is 0 Å². The van der Waals surface area contributed by atoms with Gasteiger partial charge in [0.05, 0.1) is 11.5 Å². The predicted molar refractivity (Wildman–Crippen MR) is 104 cm³/mol. The molecule has 1 fully saturated rings. The van der Waals surface area contributed by atoms with Gasteiger partial charge in [0.25, 0.3) is 11.1 Å². The summed E-state index contributed by atoms with van der Waals surface area (Å²) in [6.07, 6.45) is 5.55. The van der Waals surface area contributed by atoms with Crippen molar-refractivity contribution in [2.24, 2.45) is 5.73 Å². The number of carbonyl (C=O) groups is 2. The van der Waals surface area contributed by atoms with E-state index in [4.69, 9.17) is 10.5 Å². The number of unbranched alkanes of at least 4 members (excludes halogenated alkanes) is 1. The zero-order valence-corrected chi connectivity index (χ0v) is 16.0. The molecular formula is C18H25ClN2O3S. The summed E-state index contributed by atoms with van der Waals surface area (Å²) < 4.78 is 5.63. The lowest BCUT2D eigenvalue weighted by molar-refractivity contribution is -0.122. The van der Waals surface area contributed by atoms with Gasteiger partial charge in [0, 0.05) is 13.1 Å². The number of nitrogens with zero attached hydrogens (tertiary/aromatic N) is 1. The van der Waals surface area contributed by atoms with Crippen LogP contribution in [0.2, 0.25) is 0 Å². The predicted octanol–water partition coefficient (Wildman–Crippen LogP) is 3.76. The maximum absolute atomic E-state index is 12.1. The van der Waals surface area contributed by atoms with Crippen molar-refractivity contribution >= 4 is 35.3 Å². The van der Waals surface area contributed by atoms with E-state index in [2.05, 4.69) is 6.92 Å². The lowest BCUT2D eigenvalue weighted by Crippen LogP contribution is -2.33. The smallest absolute Gasteiger partial charge is 0.293 e. The summed E-state index contributed by atoms with van der Waals surface area (Å²) in [6.45, 7) is 3.45. The Kier molecular flexibility index (Phi) is 9.63. The topological polar surface area (TPSA) is 72.6 Å². The average molecular weight is 385 g/mol. The fraction of sp³-hybridized carbons (Fsp3) is 0.444. The van der Waals surface area contributed by atoms with Gasteiger partial charge in [-0.2, -0.15) is 0 Å². The van der Waals surface area contributed by atoms with Gasteiger partial charge in [0.1, 0.15) is 5.75 Å². The van der Waals surface area contributed by atoms with Gasteiger partial charge in [-0.3, -0.25) is 14.5 Å². The number of amides is 2. The molecule has 1 saturated heterocycles. The van der Waals surface area contributed by atoms with Crippen molar-refractivity contribution in [3.63, 3.8) is 0 Å². The van der Waals surface area contributed by atoms with Crippen molar-refractivity contribution in [2.75, 3.05) is 19.7 Å². The summed E-state index contributed by atoms with van der Waals surface area (Å²) in [5, 5.41) is -0.231. The number of rotatable bonds is 9. The number of ether oxygens (including phenoxy) is 1. The zero-order valence-electron chi connectivity index (χ0n) is 14.4. The van der Waals surface area contributed by atoms with Crippen molar-refractivity contribution < 1.29 is 14.3 Å². The standard InChI is InChI=1S/C18H24N2O3S.ClH/c1-2-3-13-23-15-9-7-14(8-10-15)5-4-6-16-17(21)20(12-11-19)18(22)24-16;/h6-10H,2-5,11-13,19H2,1H3;1H/b16-6-;. The molecule has 1 aromatic rings. The summed E-state index contributed by atoms with van der Waals surface area (Å²) >= 11 is 0.994. The molecule has 1 aliphatic rings. The molecule has 1 aromatic carbocycles. The van der Waals surface area contributed by atoms with Crippen LogP contribution in [-0.4, -0.2) is 35.7 Å². The number of benzene rings is 1. The number of hydrogen-bond donors (Lipinski definition) is 1. The van der Waals surface area contributed by atoms with Gasteiger partial charge in [0.2, 0.25) is 0 Å². The van der Waals surface area contributed by atoms with Crippen LogP contribution in [0.5, 0.6) is 5.75 Å². The molecular weight excluding hydrogens is 360 g/mol. The second-order valence-corrected chi connectivity index (χ2v) is 6.56. The molecule has 0 radical (unpaired) electrons. The van der Waals surface area contributed by atoms with Crippen LogP contribution in [0.15, 0.2) is 35.2 Å². The highest BCUT2D eigenvalue weighted by Gasteiger charge is 2.33. The van der Waals surface area contributed by atoms with Crippen LogP contribution in [-0.2, 0) is 11.2 Å². The Hall–Kier alpha value is -1.50. The second kappa shape index (κ2) is 11.2. The van der Waals surface area contributed by atoms with Crippen molar-refractivity contribution in [3.8, 4) is 5.75 Å². The summed E-state index contributed by atoms with van der Waals surface area (Å²) in [7, 11) is 0. The molecule has 0 aromatic heterocycles. The number of allylic oxidation sites excluding steroid dienone is 1. The van der Waals surface area contributed by atoms with Crippen molar-refractivity contribution in [1.82, 2.24) is 4.90 Å². The third kappa shape index (κ3) is 6.38. The van der Waals surface area contributed by atoms with Crippen LogP contribution in [0.25, 0.3) is 0 Å². The molecule has 7 heteroatoms.